The van der Waals surface area contributed by atoms with Gasteiger partial charge in [-0.25, -0.2) is 0 Å². The first kappa shape index (κ1) is 14.1. The Kier molecular flexibility index (Phi) is 3.35. The van der Waals surface area contributed by atoms with E-state index in [1.165, 1.54) is 0 Å². The standard InChI is InChI=1S/C50H34O/c1-4-15-33(16-5-1)36-28-30-46-45(31-36)50-43(25-14-26-47(50)51-46)49-41-23-12-10-21-39(41)48(40-22-11-13-24-42(40)49)37-27-29-38(34-17-6-2-7-18-34)44(32-37)35-19-8-3-9-20-35/h1-12,14-23,25-32H,13,24H2/i1D,2D,3D,4D,5D,6D,7D,8D,9D,14D,15D,16D,17D,18D,19D,20D,25D,26D,27D,28D,29D,30D,31D,32D. The molecule has 1 heterocycles. The molecule has 0 N–H and O–H groups in total. The molecule has 1 heteroatoms. The fraction of sp³-hybridized carbons (Fsp3) is 0.0400. The molecule has 240 valence electrons. The third-order valence-corrected chi connectivity index (χ3v) is 8.84. The van der Waals surface area contributed by atoms with Crippen molar-refractivity contribution in [1.29, 1.82) is 0 Å². The number of allylic oxidation sites excluding steroid dienone is 1. The van der Waals surface area contributed by atoms with Gasteiger partial charge in [0, 0.05) is 10.8 Å². The summed E-state index contributed by atoms with van der Waals surface area (Å²) in [5.41, 5.74) is -3.93. The van der Waals surface area contributed by atoms with Crippen molar-refractivity contribution in [3.8, 4) is 55.6 Å². The fourth-order valence-corrected chi connectivity index (χ4v) is 6.74. The van der Waals surface area contributed by atoms with E-state index < -0.39 is 184 Å². The van der Waals surface area contributed by atoms with Crippen molar-refractivity contribution in [2.75, 3.05) is 0 Å². The summed E-state index contributed by atoms with van der Waals surface area (Å²) >= 11 is 0. The molecule has 0 bridgehead atoms. The van der Waals surface area contributed by atoms with Crippen LogP contribution in [0.3, 0.4) is 0 Å². The quantitative estimate of drug-likeness (QED) is 0.177. The summed E-state index contributed by atoms with van der Waals surface area (Å²) in [7, 11) is 0. The zero-order valence-corrected chi connectivity index (χ0v) is 26.3. The fourth-order valence-electron chi connectivity index (χ4n) is 6.74. The first-order chi connectivity index (χ1) is 35.3. The maximum absolute atomic E-state index is 10.1. The summed E-state index contributed by atoms with van der Waals surface area (Å²) in [5.74, 6) is 0. The molecular weight excluding hydrogens is 617 g/mol. The molecule has 0 aliphatic heterocycles. The molecule has 0 radical (unpaired) electrons. The molecule has 0 unspecified atom stereocenters. The summed E-state index contributed by atoms with van der Waals surface area (Å²) in [6.07, 6.45) is 3.88. The Hall–Kier alpha value is -6.44. The van der Waals surface area contributed by atoms with Crippen LogP contribution in [-0.4, -0.2) is 0 Å². The monoisotopic (exact) mass is 674 g/mol. The van der Waals surface area contributed by atoms with Crippen molar-refractivity contribution in [3.05, 3.63) is 186 Å². The van der Waals surface area contributed by atoms with E-state index in [1.807, 2.05) is 0 Å². The zero-order chi connectivity index (χ0) is 54.6. The van der Waals surface area contributed by atoms with Gasteiger partial charge in [0.1, 0.15) is 11.2 Å². The molecule has 1 nitrogen and oxygen atoms in total. The third kappa shape index (κ3) is 4.93. The lowest BCUT2D eigenvalue weighted by molar-refractivity contribution is 0.669. The van der Waals surface area contributed by atoms with Crippen LogP contribution in [-0.2, 0) is 6.42 Å². The van der Waals surface area contributed by atoms with Crippen LogP contribution in [0.15, 0.2) is 180 Å². The molecule has 0 saturated carbocycles. The van der Waals surface area contributed by atoms with Gasteiger partial charge in [0.25, 0.3) is 0 Å². The van der Waals surface area contributed by atoms with Gasteiger partial charge >= 0.3 is 0 Å². The lowest BCUT2D eigenvalue weighted by atomic mass is 9.79. The average molecular weight is 675 g/mol. The van der Waals surface area contributed by atoms with Gasteiger partial charge in [0.05, 0.1) is 32.9 Å². The molecule has 0 fully saturated rings. The predicted molar refractivity (Wildman–Crippen MR) is 216 cm³/mol. The Morgan fingerprint density at radius 1 is 0.471 bits per heavy atom. The molecule has 0 saturated heterocycles. The zero-order valence-electron chi connectivity index (χ0n) is 50.3. The SMILES string of the molecule is [2H]c1c([2H])c([2H])c(-c2c([2H])c([2H])c(-c3c4c(c(-c5c([2H])c([2H])c([2H])c6oc7c([2H])c([2H])c(-c8c([2H])c([2H])c([2H])c([2H])c8[2H])c([2H])c7c56)c5ccccc35)CCC=C4)c([2H])c2-c2c([2H])c([2H])c([2H])c([2H])c2[2H])c([2H])c1[2H]. The Morgan fingerprint density at radius 2 is 1.14 bits per heavy atom. The molecular formula is C50H34O. The van der Waals surface area contributed by atoms with E-state index in [2.05, 4.69) is 0 Å². The van der Waals surface area contributed by atoms with Crippen molar-refractivity contribution in [1.82, 2.24) is 0 Å². The van der Waals surface area contributed by atoms with Crippen LogP contribution >= 0.6 is 0 Å². The summed E-state index contributed by atoms with van der Waals surface area (Å²) in [6.45, 7) is 0. The van der Waals surface area contributed by atoms with Crippen molar-refractivity contribution < 1.29 is 37.3 Å². The van der Waals surface area contributed by atoms with Gasteiger partial charge in [-0.05, 0) is 115 Å². The highest BCUT2D eigenvalue weighted by molar-refractivity contribution is 6.19. The van der Waals surface area contributed by atoms with Gasteiger partial charge in [-0.2, -0.15) is 0 Å². The second kappa shape index (κ2) is 12.2. The van der Waals surface area contributed by atoms with Gasteiger partial charge in [0.15, 0.2) is 0 Å². The van der Waals surface area contributed by atoms with Gasteiger partial charge in [0.2, 0.25) is 0 Å². The number of hydrogen-bond acceptors (Lipinski definition) is 1. The van der Waals surface area contributed by atoms with E-state index in [0.29, 0.717) is 12.0 Å². The maximum atomic E-state index is 10.1. The van der Waals surface area contributed by atoms with Gasteiger partial charge in [-0.15, -0.1) is 0 Å². The molecule has 0 spiro atoms. The van der Waals surface area contributed by atoms with Crippen LogP contribution in [0.5, 0.6) is 0 Å². The summed E-state index contributed by atoms with van der Waals surface area (Å²) in [4.78, 5) is 0. The van der Waals surface area contributed by atoms with E-state index in [4.69, 9.17) is 30.5 Å². The van der Waals surface area contributed by atoms with Gasteiger partial charge in [-0.1, -0.05) is 157 Å². The Balaban J connectivity index is 1.40. The molecule has 0 atom stereocenters. The molecule has 0 amide bonds. The van der Waals surface area contributed by atoms with Crippen LogP contribution in [0.4, 0.5) is 0 Å². The van der Waals surface area contributed by atoms with Crippen LogP contribution in [0.1, 0.15) is 50.4 Å². The Labute approximate surface area is 331 Å². The van der Waals surface area contributed by atoms with E-state index in [1.54, 1.807) is 36.4 Å². The topological polar surface area (TPSA) is 13.1 Å². The molecule has 1 aromatic heterocycles. The highest BCUT2D eigenvalue weighted by atomic mass is 16.3. The predicted octanol–water partition coefficient (Wildman–Crippen LogP) is 14.0. The normalized spacial score (nSPS) is 19.1. The van der Waals surface area contributed by atoms with Crippen molar-refractivity contribution in [2.45, 2.75) is 12.8 Å². The smallest absolute Gasteiger partial charge is 0.136 e. The number of rotatable bonds is 5. The molecule has 51 heavy (non-hydrogen) atoms. The average Bonchev–Trinajstić information content (AvgIpc) is 3.80. The highest BCUT2D eigenvalue weighted by Crippen LogP contribution is 2.48. The molecule has 8 aromatic carbocycles. The highest BCUT2D eigenvalue weighted by Gasteiger charge is 2.24. The summed E-state index contributed by atoms with van der Waals surface area (Å²) in [6, 6.07) is -11.9. The van der Waals surface area contributed by atoms with E-state index in [9.17, 15) is 6.85 Å². The number of hydrogen-bond donors (Lipinski definition) is 0. The lowest BCUT2D eigenvalue weighted by Crippen LogP contribution is -2.03. The minimum Gasteiger partial charge on any atom is -0.456 e. The van der Waals surface area contributed by atoms with Crippen LogP contribution in [0, 0.1) is 0 Å². The largest absolute Gasteiger partial charge is 0.456 e. The lowest BCUT2D eigenvalue weighted by Gasteiger charge is -2.24. The van der Waals surface area contributed by atoms with Gasteiger partial charge < -0.3 is 4.42 Å². The maximum Gasteiger partial charge on any atom is 0.136 e. The van der Waals surface area contributed by atoms with Crippen molar-refractivity contribution >= 4 is 38.8 Å². The summed E-state index contributed by atoms with van der Waals surface area (Å²) in [5, 5.41) is 0.0438. The Morgan fingerprint density at radius 3 is 1.88 bits per heavy atom. The van der Waals surface area contributed by atoms with Crippen LogP contribution < -0.4 is 0 Å². The minimum absolute atomic E-state index is 0.0880. The second-order valence-electron chi connectivity index (χ2n) is 11.6. The second-order valence-corrected chi connectivity index (χ2v) is 11.6. The molecule has 1 aliphatic carbocycles. The summed E-state index contributed by atoms with van der Waals surface area (Å²) < 4.78 is 220. The van der Waals surface area contributed by atoms with Crippen LogP contribution in [0.2, 0.25) is 0 Å². The number of benzene rings is 8. The van der Waals surface area contributed by atoms with Crippen molar-refractivity contribution in [3.63, 3.8) is 0 Å². The molecule has 1 aliphatic rings. The number of fused-ring (bicyclic) bond motifs is 5. The minimum atomic E-state index is -0.853. The molecule has 9 aromatic rings. The first-order valence-corrected chi connectivity index (χ1v) is 15.9. The van der Waals surface area contributed by atoms with E-state index in [-0.39, 0.29) is 61.4 Å². The third-order valence-electron chi connectivity index (χ3n) is 8.84. The first-order valence-electron chi connectivity index (χ1n) is 27.9. The van der Waals surface area contributed by atoms with E-state index in [0.717, 1.165) is 0 Å². The van der Waals surface area contributed by atoms with Crippen LogP contribution in [0.25, 0.3) is 94.4 Å². The Bertz CT molecular complexity index is 4090. The number of furan rings is 1. The van der Waals surface area contributed by atoms with Crippen molar-refractivity contribution in [2.24, 2.45) is 0 Å². The van der Waals surface area contributed by atoms with Gasteiger partial charge in [-0.3, -0.25) is 0 Å². The molecule has 10 rings (SSSR count). The van der Waals surface area contributed by atoms with E-state index >= 15 is 0 Å².